The van der Waals surface area contributed by atoms with Gasteiger partial charge in [-0.1, -0.05) is 45.9 Å². The van der Waals surface area contributed by atoms with Crippen LogP contribution in [-0.2, 0) is 0 Å². The lowest BCUT2D eigenvalue weighted by Gasteiger charge is -2.26. The van der Waals surface area contributed by atoms with Gasteiger partial charge in [-0.25, -0.2) is 0 Å². The zero-order valence-corrected chi connectivity index (χ0v) is 13.1. The minimum atomic E-state index is 0.361. The SMILES string of the molecule is CC(C)C(CNc1c(C#N)nnc2ccccc12)C(C)C. The number of hydrogen-bond donors (Lipinski definition) is 1. The van der Waals surface area contributed by atoms with E-state index in [-0.39, 0.29) is 0 Å². The Morgan fingerprint density at radius 2 is 1.76 bits per heavy atom. The standard InChI is InChI=1S/C17H22N4/c1-11(2)14(12(3)4)10-19-17-13-7-5-6-8-15(13)20-21-16(17)9-18/h5-8,11-12,14H,10H2,1-4H3,(H,19,20). The van der Waals surface area contributed by atoms with Crippen LogP contribution in [0.3, 0.4) is 0 Å². The number of anilines is 1. The number of benzene rings is 1. The number of fused-ring (bicyclic) bond motifs is 1. The van der Waals surface area contributed by atoms with Crippen molar-refractivity contribution < 1.29 is 0 Å². The Balaban J connectivity index is 2.35. The molecule has 4 heteroatoms. The lowest BCUT2D eigenvalue weighted by molar-refractivity contribution is 0.304. The summed E-state index contributed by atoms with van der Waals surface area (Å²) < 4.78 is 0. The third-order valence-electron chi connectivity index (χ3n) is 4.00. The van der Waals surface area contributed by atoms with Gasteiger partial charge in [-0.2, -0.15) is 5.26 Å². The number of hydrogen-bond acceptors (Lipinski definition) is 4. The topological polar surface area (TPSA) is 61.6 Å². The molecule has 1 aromatic heterocycles. The molecule has 1 N–H and O–H groups in total. The molecular weight excluding hydrogens is 260 g/mol. The normalized spacial score (nSPS) is 11.3. The first-order valence-corrected chi connectivity index (χ1v) is 7.44. The Labute approximate surface area is 126 Å². The monoisotopic (exact) mass is 282 g/mol. The quantitative estimate of drug-likeness (QED) is 0.905. The number of aromatic nitrogens is 2. The fourth-order valence-corrected chi connectivity index (χ4v) is 2.77. The maximum atomic E-state index is 9.27. The molecular formula is C17H22N4. The summed E-state index contributed by atoms with van der Waals surface area (Å²) in [6.07, 6.45) is 0. The number of nitriles is 1. The van der Waals surface area contributed by atoms with Crippen LogP contribution in [0.4, 0.5) is 5.69 Å². The number of nitrogens with one attached hydrogen (secondary N) is 1. The van der Waals surface area contributed by atoms with E-state index >= 15 is 0 Å². The largest absolute Gasteiger partial charge is 0.382 e. The molecule has 0 saturated carbocycles. The van der Waals surface area contributed by atoms with E-state index in [4.69, 9.17) is 0 Å². The Morgan fingerprint density at radius 1 is 1.10 bits per heavy atom. The average Bonchev–Trinajstić information content (AvgIpc) is 2.46. The van der Waals surface area contributed by atoms with Crippen molar-refractivity contribution >= 4 is 16.6 Å². The molecule has 0 spiro atoms. The van der Waals surface area contributed by atoms with E-state index in [1.165, 1.54) is 0 Å². The molecule has 1 heterocycles. The van der Waals surface area contributed by atoms with Gasteiger partial charge in [0.25, 0.3) is 0 Å². The Hall–Kier alpha value is -2.15. The second kappa shape index (κ2) is 6.53. The van der Waals surface area contributed by atoms with Gasteiger partial charge in [-0.05, 0) is 23.8 Å². The highest BCUT2D eigenvalue weighted by molar-refractivity contribution is 5.92. The van der Waals surface area contributed by atoms with E-state index < -0.39 is 0 Å². The third kappa shape index (κ3) is 3.30. The lowest BCUT2D eigenvalue weighted by atomic mass is 9.85. The second-order valence-electron chi connectivity index (χ2n) is 6.09. The highest BCUT2D eigenvalue weighted by atomic mass is 15.1. The van der Waals surface area contributed by atoms with Crippen LogP contribution < -0.4 is 5.32 Å². The van der Waals surface area contributed by atoms with Gasteiger partial charge < -0.3 is 5.32 Å². The predicted octanol–water partition coefficient (Wildman–Crippen LogP) is 3.84. The minimum Gasteiger partial charge on any atom is -0.382 e. The summed E-state index contributed by atoms with van der Waals surface area (Å²) in [5.74, 6) is 1.72. The summed E-state index contributed by atoms with van der Waals surface area (Å²) in [5.41, 5.74) is 1.97. The van der Waals surface area contributed by atoms with E-state index in [9.17, 15) is 5.26 Å². The van der Waals surface area contributed by atoms with Gasteiger partial charge in [-0.3, -0.25) is 0 Å². The van der Waals surface area contributed by atoms with E-state index in [1.54, 1.807) is 0 Å². The molecule has 0 aliphatic heterocycles. The third-order valence-corrected chi connectivity index (χ3v) is 4.00. The van der Waals surface area contributed by atoms with Crippen LogP contribution in [-0.4, -0.2) is 16.7 Å². The van der Waals surface area contributed by atoms with E-state index in [0.29, 0.717) is 23.4 Å². The summed E-state index contributed by atoms with van der Waals surface area (Å²) in [7, 11) is 0. The molecule has 110 valence electrons. The maximum absolute atomic E-state index is 9.27. The van der Waals surface area contributed by atoms with Crippen LogP contribution in [0.15, 0.2) is 24.3 Å². The Bertz CT molecular complexity index is 647. The van der Waals surface area contributed by atoms with Crippen molar-refractivity contribution in [2.45, 2.75) is 27.7 Å². The summed E-state index contributed by atoms with van der Waals surface area (Å²) in [4.78, 5) is 0. The van der Waals surface area contributed by atoms with Crippen molar-refractivity contribution in [3.05, 3.63) is 30.0 Å². The van der Waals surface area contributed by atoms with Crippen LogP contribution in [0.25, 0.3) is 10.9 Å². The fraction of sp³-hybridized carbons (Fsp3) is 0.471. The predicted molar refractivity (Wildman–Crippen MR) is 85.9 cm³/mol. The van der Waals surface area contributed by atoms with Gasteiger partial charge in [0.2, 0.25) is 0 Å². The smallest absolute Gasteiger partial charge is 0.186 e. The summed E-state index contributed by atoms with van der Waals surface area (Å²) in [5, 5.41) is 21.8. The summed E-state index contributed by atoms with van der Waals surface area (Å²) in [6.45, 7) is 9.78. The first kappa shape index (κ1) is 15.2. The Morgan fingerprint density at radius 3 is 2.38 bits per heavy atom. The first-order valence-electron chi connectivity index (χ1n) is 7.44. The molecule has 0 radical (unpaired) electrons. The van der Waals surface area contributed by atoms with Crippen molar-refractivity contribution in [1.29, 1.82) is 5.26 Å². The maximum Gasteiger partial charge on any atom is 0.186 e. The molecule has 0 atom stereocenters. The molecule has 0 aliphatic rings. The van der Waals surface area contributed by atoms with E-state index in [2.05, 4.69) is 49.3 Å². The summed E-state index contributed by atoms with van der Waals surface area (Å²) in [6, 6.07) is 9.91. The lowest BCUT2D eigenvalue weighted by Crippen LogP contribution is -2.25. The average molecular weight is 282 g/mol. The van der Waals surface area contributed by atoms with Crippen molar-refractivity contribution in [1.82, 2.24) is 10.2 Å². The molecule has 1 aromatic carbocycles. The molecule has 0 saturated heterocycles. The molecule has 0 bridgehead atoms. The van der Waals surface area contributed by atoms with Crippen molar-refractivity contribution in [2.24, 2.45) is 17.8 Å². The number of rotatable bonds is 5. The summed E-state index contributed by atoms with van der Waals surface area (Å²) >= 11 is 0. The van der Waals surface area contributed by atoms with Crippen LogP contribution in [0.2, 0.25) is 0 Å². The zero-order valence-electron chi connectivity index (χ0n) is 13.1. The van der Waals surface area contributed by atoms with Crippen LogP contribution >= 0.6 is 0 Å². The van der Waals surface area contributed by atoms with Crippen molar-refractivity contribution in [3.8, 4) is 6.07 Å². The molecule has 0 fully saturated rings. The van der Waals surface area contributed by atoms with Gasteiger partial charge in [0.1, 0.15) is 6.07 Å². The van der Waals surface area contributed by atoms with Gasteiger partial charge in [0.15, 0.2) is 5.69 Å². The molecule has 21 heavy (non-hydrogen) atoms. The fourth-order valence-electron chi connectivity index (χ4n) is 2.77. The van der Waals surface area contributed by atoms with Crippen molar-refractivity contribution in [2.75, 3.05) is 11.9 Å². The van der Waals surface area contributed by atoms with Gasteiger partial charge in [-0.15, -0.1) is 10.2 Å². The Kier molecular flexibility index (Phi) is 4.74. The van der Waals surface area contributed by atoms with Crippen LogP contribution in [0.5, 0.6) is 0 Å². The van der Waals surface area contributed by atoms with E-state index in [0.717, 1.165) is 23.1 Å². The van der Waals surface area contributed by atoms with Gasteiger partial charge in [0.05, 0.1) is 11.2 Å². The van der Waals surface area contributed by atoms with Gasteiger partial charge in [0, 0.05) is 11.9 Å². The highest BCUT2D eigenvalue weighted by Gasteiger charge is 2.19. The second-order valence-corrected chi connectivity index (χ2v) is 6.09. The first-order chi connectivity index (χ1) is 10.0. The molecule has 2 rings (SSSR count). The molecule has 4 nitrogen and oxygen atoms in total. The van der Waals surface area contributed by atoms with E-state index in [1.807, 2.05) is 24.3 Å². The van der Waals surface area contributed by atoms with Crippen molar-refractivity contribution in [3.63, 3.8) is 0 Å². The molecule has 0 unspecified atom stereocenters. The highest BCUT2D eigenvalue weighted by Crippen LogP contribution is 2.26. The zero-order chi connectivity index (χ0) is 15.4. The van der Waals surface area contributed by atoms with Gasteiger partial charge >= 0.3 is 0 Å². The minimum absolute atomic E-state index is 0.361. The molecule has 0 aliphatic carbocycles. The number of nitrogens with zero attached hydrogens (tertiary/aromatic N) is 3. The molecule has 0 amide bonds. The van der Waals surface area contributed by atoms with Crippen LogP contribution in [0, 0.1) is 29.1 Å². The van der Waals surface area contributed by atoms with Crippen LogP contribution in [0.1, 0.15) is 33.4 Å². The molecule has 2 aromatic rings.